The van der Waals surface area contributed by atoms with E-state index in [2.05, 4.69) is 21.2 Å². The molecule has 1 N–H and O–H groups in total. The third-order valence-corrected chi connectivity index (χ3v) is 5.64. The highest BCUT2D eigenvalue weighted by Crippen LogP contribution is 2.22. The Morgan fingerprint density at radius 2 is 2.24 bits per heavy atom. The Labute approximate surface area is 115 Å². The highest BCUT2D eigenvalue weighted by molar-refractivity contribution is 9.11. The van der Waals surface area contributed by atoms with E-state index in [1.807, 2.05) is 18.4 Å². The molecule has 0 saturated carbocycles. The van der Waals surface area contributed by atoms with Crippen molar-refractivity contribution < 1.29 is 8.42 Å². The Morgan fingerprint density at radius 1 is 1.53 bits per heavy atom. The molecule has 0 atom stereocenters. The second-order valence-electron chi connectivity index (χ2n) is 3.68. The van der Waals surface area contributed by atoms with E-state index >= 15 is 0 Å². The van der Waals surface area contributed by atoms with E-state index in [1.165, 1.54) is 4.31 Å². The maximum atomic E-state index is 11.9. The van der Waals surface area contributed by atoms with Gasteiger partial charge in [-0.05, 0) is 39.5 Å². The van der Waals surface area contributed by atoms with Crippen molar-refractivity contribution in [3.8, 4) is 0 Å². The minimum absolute atomic E-state index is 0.142. The van der Waals surface area contributed by atoms with Gasteiger partial charge in [-0.1, -0.05) is 6.92 Å². The average molecular weight is 341 g/mol. The Hall–Kier alpha value is 0.0500. The molecule has 1 aromatic heterocycles. The molecule has 7 heteroatoms. The quantitative estimate of drug-likeness (QED) is 0.771. The van der Waals surface area contributed by atoms with Crippen LogP contribution in [0, 0.1) is 0 Å². The van der Waals surface area contributed by atoms with Crippen LogP contribution in [-0.4, -0.2) is 38.6 Å². The van der Waals surface area contributed by atoms with Crippen LogP contribution in [0.15, 0.2) is 15.2 Å². The lowest BCUT2D eigenvalue weighted by molar-refractivity contribution is 0.465. The standard InChI is InChI=1S/C10H17BrN2O2S2/c1-3-12-4-5-17(14,15)13(2)7-9-6-10(11)16-8-9/h6,8,12H,3-5,7H2,1-2H3. The van der Waals surface area contributed by atoms with E-state index in [-0.39, 0.29) is 5.75 Å². The first-order chi connectivity index (χ1) is 7.95. The highest BCUT2D eigenvalue weighted by Gasteiger charge is 2.17. The number of sulfonamides is 1. The summed E-state index contributed by atoms with van der Waals surface area (Å²) in [6.07, 6.45) is 0. The summed E-state index contributed by atoms with van der Waals surface area (Å²) in [5, 5.41) is 4.97. The van der Waals surface area contributed by atoms with E-state index in [1.54, 1.807) is 18.4 Å². The van der Waals surface area contributed by atoms with Crippen molar-refractivity contribution in [1.82, 2.24) is 9.62 Å². The molecule has 0 radical (unpaired) electrons. The van der Waals surface area contributed by atoms with Crippen molar-refractivity contribution in [1.29, 1.82) is 0 Å². The third-order valence-electron chi connectivity index (χ3n) is 2.29. The Balaban J connectivity index is 2.53. The second kappa shape index (κ2) is 6.84. The summed E-state index contributed by atoms with van der Waals surface area (Å²) in [4.78, 5) is 0. The van der Waals surface area contributed by atoms with Crippen molar-refractivity contribution in [2.75, 3.05) is 25.9 Å². The van der Waals surface area contributed by atoms with Crippen LogP contribution in [0.2, 0.25) is 0 Å². The molecule has 4 nitrogen and oxygen atoms in total. The minimum atomic E-state index is -3.16. The summed E-state index contributed by atoms with van der Waals surface area (Å²) in [6.45, 7) is 3.67. The maximum Gasteiger partial charge on any atom is 0.215 e. The van der Waals surface area contributed by atoms with E-state index < -0.39 is 10.0 Å². The Kier molecular flexibility index (Phi) is 6.08. The van der Waals surface area contributed by atoms with Crippen molar-refractivity contribution in [3.63, 3.8) is 0 Å². The first-order valence-electron chi connectivity index (χ1n) is 5.33. The van der Waals surface area contributed by atoms with Gasteiger partial charge in [0.25, 0.3) is 0 Å². The molecule has 0 aromatic carbocycles. The first-order valence-corrected chi connectivity index (χ1v) is 8.61. The molecule has 1 heterocycles. The lowest BCUT2D eigenvalue weighted by Crippen LogP contribution is -2.33. The zero-order valence-corrected chi connectivity index (χ0v) is 13.2. The molecule has 0 fully saturated rings. The zero-order chi connectivity index (χ0) is 12.9. The SMILES string of the molecule is CCNCCS(=O)(=O)N(C)Cc1csc(Br)c1. The minimum Gasteiger partial charge on any atom is -0.316 e. The van der Waals surface area contributed by atoms with Crippen LogP contribution in [0.4, 0.5) is 0 Å². The fourth-order valence-electron chi connectivity index (χ4n) is 1.32. The molecule has 0 spiro atoms. The van der Waals surface area contributed by atoms with Crippen LogP contribution >= 0.6 is 27.3 Å². The predicted octanol–water partition coefficient (Wildman–Crippen LogP) is 1.88. The van der Waals surface area contributed by atoms with Crippen LogP contribution in [0.25, 0.3) is 0 Å². The van der Waals surface area contributed by atoms with E-state index in [9.17, 15) is 8.42 Å². The second-order valence-corrected chi connectivity index (χ2v) is 8.17. The van der Waals surface area contributed by atoms with Gasteiger partial charge < -0.3 is 5.32 Å². The molecular formula is C10H17BrN2O2S2. The van der Waals surface area contributed by atoms with Gasteiger partial charge >= 0.3 is 0 Å². The summed E-state index contributed by atoms with van der Waals surface area (Å²) in [6, 6.07) is 1.95. The van der Waals surface area contributed by atoms with Gasteiger partial charge in [0.2, 0.25) is 10.0 Å². The summed E-state index contributed by atoms with van der Waals surface area (Å²) < 4.78 is 26.2. The lowest BCUT2D eigenvalue weighted by Gasteiger charge is -2.16. The maximum absolute atomic E-state index is 11.9. The van der Waals surface area contributed by atoms with Gasteiger partial charge in [0, 0.05) is 20.1 Å². The highest BCUT2D eigenvalue weighted by atomic mass is 79.9. The molecule has 1 aromatic rings. The fraction of sp³-hybridized carbons (Fsp3) is 0.600. The van der Waals surface area contributed by atoms with Gasteiger partial charge in [0.15, 0.2) is 0 Å². The topological polar surface area (TPSA) is 49.4 Å². The number of nitrogens with zero attached hydrogens (tertiary/aromatic N) is 1. The van der Waals surface area contributed by atoms with Crippen molar-refractivity contribution >= 4 is 37.3 Å². The van der Waals surface area contributed by atoms with Crippen molar-refractivity contribution in [2.24, 2.45) is 0 Å². The predicted molar refractivity (Wildman–Crippen MR) is 75.8 cm³/mol. The van der Waals surface area contributed by atoms with Crippen molar-refractivity contribution in [3.05, 3.63) is 20.8 Å². The van der Waals surface area contributed by atoms with E-state index in [4.69, 9.17) is 0 Å². The van der Waals surface area contributed by atoms with Crippen molar-refractivity contribution in [2.45, 2.75) is 13.5 Å². The number of hydrogen-bond donors (Lipinski definition) is 1. The largest absolute Gasteiger partial charge is 0.316 e. The van der Waals surface area contributed by atoms with Gasteiger partial charge in [-0.15, -0.1) is 11.3 Å². The number of halogens is 1. The van der Waals surface area contributed by atoms with Gasteiger partial charge in [-0.3, -0.25) is 0 Å². The van der Waals surface area contributed by atoms with Crippen LogP contribution in [0.3, 0.4) is 0 Å². The first kappa shape index (κ1) is 15.1. The van der Waals surface area contributed by atoms with Gasteiger partial charge in [0.1, 0.15) is 0 Å². The summed E-state index contributed by atoms with van der Waals surface area (Å²) in [7, 11) is -1.54. The smallest absolute Gasteiger partial charge is 0.215 e. The molecule has 17 heavy (non-hydrogen) atoms. The zero-order valence-electron chi connectivity index (χ0n) is 9.94. The van der Waals surface area contributed by atoms with Crippen LogP contribution in [0.1, 0.15) is 12.5 Å². The Morgan fingerprint density at radius 3 is 2.76 bits per heavy atom. The van der Waals surface area contributed by atoms with E-state index in [0.29, 0.717) is 13.1 Å². The molecule has 0 unspecified atom stereocenters. The number of nitrogens with one attached hydrogen (secondary N) is 1. The summed E-state index contributed by atoms with van der Waals surface area (Å²) in [5.74, 6) is 0.142. The van der Waals surface area contributed by atoms with Crippen LogP contribution in [-0.2, 0) is 16.6 Å². The normalized spacial score (nSPS) is 12.2. The molecular weight excluding hydrogens is 324 g/mol. The molecule has 98 valence electrons. The van der Waals surface area contributed by atoms with Gasteiger partial charge in [-0.2, -0.15) is 0 Å². The lowest BCUT2D eigenvalue weighted by atomic mass is 10.3. The fourth-order valence-corrected chi connectivity index (χ4v) is 3.58. The molecule has 0 aliphatic rings. The molecule has 0 bridgehead atoms. The molecule has 1 rings (SSSR count). The monoisotopic (exact) mass is 340 g/mol. The average Bonchev–Trinajstić information content (AvgIpc) is 2.64. The number of hydrogen-bond acceptors (Lipinski definition) is 4. The summed E-state index contributed by atoms with van der Waals surface area (Å²) in [5.41, 5.74) is 1.01. The molecule has 0 aliphatic carbocycles. The molecule has 0 aliphatic heterocycles. The molecule has 0 saturated heterocycles. The third kappa shape index (κ3) is 5.05. The van der Waals surface area contributed by atoms with E-state index in [0.717, 1.165) is 15.9 Å². The number of thiophene rings is 1. The Bertz CT molecular complexity index is 445. The molecule has 0 amide bonds. The summed E-state index contributed by atoms with van der Waals surface area (Å²) >= 11 is 4.93. The van der Waals surface area contributed by atoms with Crippen LogP contribution in [0.5, 0.6) is 0 Å². The number of rotatable bonds is 7. The van der Waals surface area contributed by atoms with Gasteiger partial charge in [0.05, 0.1) is 9.54 Å². The van der Waals surface area contributed by atoms with Crippen LogP contribution < -0.4 is 5.32 Å². The van der Waals surface area contributed by atoms with Gasteiger partial charge in [-0.25, -0.2) is 12.7 Å².